The molecule has 0 saturated heterocycles. The molecule has 0 aliphatic heterocycles. The zero-order chi connectivity index (χ0) is 14.4. The third-order valence-electron chi connectivity index (χ3n) is 3.22. The minimum atomic E-state index is 0.0629. The van der Waals surface area contributed by atoms with Gasteiger partial charge in [-0.25, -0.2) is 0 Å². The van der Waals surface area contributed by atoms with Crippen LogP contribution in [0.1, 0.15) is 19.4 Å². The number of amides is 1. The molecular formula is C15H25N3O. The van der Waals surface area contributed by atoms with Crippen LogP contribution < -0.4 is 10.2 Å². The maximum absolute atomic E-state index is 11.7. The van der Waals surface area contributed by atoms with Gasteiger partial charge in [-0.05, 0) is 38.6 Å². The monoisotopic (exact) mass is 263 g/mol. The highest BCUT2D eigenvalue weighted by molar-refractivity contribution is 5.78. The average molecular weight is 263 g/mol. The van der Waals surface area contributed by atoms with Crippen LogP contribution in [0.25, 0.3) is 0 Å². The molecule has 0 aliphatic rings. The number of benzene rings is 1. The van der Waals surface area contributed by atoms with Gasteiger partial charge in [0.15, 0.2) is 0 Å². The molecule has 0 spiro atoms. The van der Waals surface area contributed by atoms with E-state index in [0.717, 1.165) is 11.3 Å². The molecule has 1 amide bonds. The molecule has 0 heterocycles. The Balaban J connectivity index is 2.42. The highest BCUT2D eigenvalue weighted by Gasteiger charge is 2.08. The number of hydrogen-bond donors (Lipinski definition) is 1. The van der Waals surface area contributed by atoms with Gasteiger partial charge in [0, 0.05) is 32.4 Å². The number of anilines is 1. The normalized spacial score (nSPS) is 10.9. The summed E-state index contributed by atoms with van der Waals surface area (Å²) in [4.78, 5) is 15.8. The highest BCUT2D eigenvalue weighted by Crippen LogP contribution is 2.11. The van der Waals surface area contributed by atoms with Crippen molar-refractivity contribution in [3.8, 4) is 0 Å². The van der Waals surface area contributed by atoms with Gasteiger partial charge in [0.05, 0.1) is 6.54 Å². The molecule has 4 nitrogen and oxygen atoms in total. The molecule has 1 aromatic rings. The Morgan fingerprint density at radius 2 is 1.74 bits per heavy atom. The van der Waals surface area contributed by atoms with Crippen molar-refractivity contribution >= 4 is 11.6 Å². The van der Waals surface area contributed by atoms with Crippen LogP contribution in [0.2, 0.25) is 0 Å². The van der Waals surface area contributed by atoms with Crippen molar-refractivity contribution in [1.29, 1.82) is 0 Å². The summed E-state index contributed by atoms with van der Waals surface area (Å²) in [6, 6.07) is 8.58. The van der Waals surface area contributed by atoms with E-state index in [1.54, 1.807) is 0 Å². The molecule has 19 heavy (non-hydrogen) atoms. The molecule has 0 bridgehead atoms. The van der Waals surface area contributed by atoms with Crippen molar-refractivity contribution in [1.82, 2.24) is 10.2 Å². The molecule has 0 aliphatic carbocycles. The lowest BCUT2D eigenvalue weighted by Crippen LogP contribution is -2.38. The number of likely N-dealkylation sites (N-methyl/N-ethyl adjacent to an activating group) is 1. The summed E-state index contributed by atoms with van der Waals surface area (Å²) < 4.78 is 0. The van der Waals surface area contributed by atoms with Gasteiger partial charge in [0.2, 0.25) is 5.91 Å². The van der Waals surface area contributed by atoms with E-state index in [1.807, 2.05) is 38.2 Å². The smallest absolute Gasteiger partial charge is 0.234 e. The van der Waals surface area contributed by atoms with Gasteiger partial charge in [-0.2, -0.15) is 0 Å². The van der Waals surface area contributed by atoms with Gasteiger partial charge in [0.1, 0.15) is 0 Å². The molecular weight excluding hydrogens is 238 g/mol. The summed E-state index contributed by atoms with van der Waals surface area (Å²) in [7, 11) is 5.98. The number of rotatable bonds is 6. The van der Waals surface area contributed by atoms with Crippen LogP contribution >= 0.6 is 0 Å². The van der Waals surface area contributed by atoms with E-state index in [1.165, 1.54) is 0 Å². The Bertz CT molecular complexity index is 398. The molecule has 1 N–H and O–H groups in total. The summed E-state index contributed by atoms with van der Waals surface area (Å²) in [5, 5.41) is 2.94. The summed E-state index contributed by atoms with van der Waals surface area (Å²) in [6.07, 6.45) is 0. The van der Waals surface area contributed by atoms with Gasteiger partial charge in [-0.3, -0.25) is 9.69 Å². The van der Waals surface area contributed by atoms with E-state index >= 15 is 0 Å². The third kappa shape index (κ3) is 5.30. The summed E-state index contributed by atoms with van der Waals surface area (Å²) in [5.41, 5.74) is 2.28. The van der Waals surface area contributed by atoms with Crippen molar-refractivity contribution in [2.45, 2.75) is 26.4 Å². The number of carbonyl (C=O) groups excluding carboxylic acids is 1. The van der Waals surface area contributed by atoms with Gasteiger partial charge < -0.3 is 10.2 Å². The third-order valence-corrected chi connectivity index (χ3v) is 3.22. The summed E-state index contributed by atoms with van der Waals surface area (Å²) >= 11 is 0. The fourth-order valence-corrected chi connectivity index (χ4v) is 1.58. The Morgan fingerprint density at radius 3 is 2.21 bits per heavy atom. The summed E-state index contributed by atoms with van der Waals surface area (Å²) in [6.45, 7) is 5.17. The van der Waals surface area contributed by atoms with Crippen LogP contribution in [0.15, 0.2) is 24.3 Å². The van der Waals surface area contributed by atoms with Crippen LogP contribution in [0.5, 0.6) is 0 Å². The molecule has 4 heteroatoms. The topological polar surface area (TPSA) is 35.6 Å². The Hall–Kier alpha value is -1.55. The van der Waals surface area contributed by atoms with Crippen LogP contribution in [0.3, 0.4) is 0 Å². The predicted molar refractivity (Wildman–Crippen MR) is 80.4 cm³/mol. The first-order chi connectivity index (χ1) is 8.90. The molecule has 0 fully saturated rings. The van der Waals surface area contributed by atoms with E-state index in [-0.39, 0.29) is 5.91 Å². The molecule has 0 aromatic heterocycles. The average Bonchev–Trinajstić information content (AvgIpc) is 2.36. The Morgan fingerprint density at radius 1 is 1.16 bits per heavy atom. The second kappa shape index (κ2) is 7.14. The van der Waals surface area contributed by atoms with Crippen LogP contribution in [0, 0.1) is 0 Å². The molecule has 0 radical (unpaired) electrons. The maximum Gasteiger partial charge on any atom is 0.234 e. The number of carbonyl (C=O) groups is 1. The lowest BCUT2D eigenvalue weighted by Gasteiger charge is -2.20. The van der Waals surface area contributed by atoms with Crippen LogP contribution in [-0.2, 0) is 11.3 Å². The molecule has 106 valence electrons. The zero-order valence-electron chi connectivity index (χ0n) is 12.6. The lowest BCUT2D eigenvalue weighted by atomic mass is 10.2. The highest BCUT2D eigenvalue weighted by atomic mass is 16.2. The first-order valence-corrected chi connectivity index (χ1v) is 6.63. The first-order valence-electron chi connectivity index (χ1n) is 6.63. The minimum Gasteiger partial charge on any atom is -0.378 e. The Kier molecular flexibility index (Phi) is 5.83. The second-order valence-electron chi connectivity index (χ2n) is 5.35. The largest absolute Gasteiger partial charge is 0.378 e. The van der Waals surface area contributed by atoms with Crippen LogP contribution in [-0.4, -0.2) is 44.5 Å². The SMILES string of the molecule is CC(C)N(C)CC(=O)NCc1ccc(N(C)C)cc1. The molecule has 1 aromatic carbocycles. The number of hydrogen-bond acceptors (Lipinski definition) is 3. The van der Waals surface area contributed by atoms with Crippen LogP contribution in [0.4, 0.5) is 5.69 Å². The van der Waals surface area contributed by atoms with Crippen molar-refractivity contribution in [2.75, 3.05) is 32.6 Å². The summed E-state index contributed by atoms with van der Waals surface area (Å²) in [5.74, 6) is 0.0629. The first kappa shape index (κ1) is 15.5. The molecule has 0 saturated carbocycles. The molecule has 0 atom stereocenters. The van der Waals surface area contributed by atoms with Crippen molar-refractivity contribution in [3.63, 3.8) is 0 Å². The lowest BCUT2D eigenvalue weighted by molar-refractivity contribution is -0.122. The standard InChI is InChI=1S/C15H25N3O/c1-12(2)18(5)11-15(19)16-10-13-6-8-14(9-7-13)17(3)4/h6-9,12H,10-11H2,1-5H3,(H,16,19). The number of nitrogens with one attached hydrogen (secondary N) is 1. The van der Waals surface area contributed by atoms with Gasteiger partial charge >= 0.3 is 0 Å². The fraction of sp³-hybridized carbons (Fsp3) is 0.533. The predicted octanol–water partition coefficient (Wildman–Crippen LogP) is 1.71. The van der Waals surface area contributed by atoms with Gasteiger partial charge in [-0.15, -0.1) is 0 Å². The second-order valence-corrected chi connectivity index (χ2v) is 5.35. The van der Waals surface area contributed by atoms with Gasteiger partial charge in [-0.1, -0.05) is 12.1 Å². The maximum atomic E-state index is 11.7. The fourth-order valence-electron chi connectivity index (χ4n) is 1.58. The van der Waals surface area contributed by atoms with E-state index in [9.17, 15) is 4.79 Å². The van der Waals surface area contributed by atoms with E-state index in [4.69, 9.17) is 0 Å². The minimum absolute atomic E-state index is 0.0629. The molecule has 0 unspecified atom stereocenters. The van der Waals surface area contributed by atoms with E-state index in [2.05, 4.69) is 36.2 Å². The molecule has 1 rings (SSSR count). The zero-order valence-corrected chi connectivity index (χ0v) is 12.6. The van der Waals surface area contributed by atoms with Crippen molar-refractivity contribution < 1.29 is 4.79 Å². The quantitative estimate of drug-likeness (QED) is 0.848. The van der Waals surface area contributed by atoms with Crippen molar-refractivity contribution in [2.24, 2.45) is 0 Å². The van der Waals surface area contributed by atoms with E-state index in [0.29, 0.717) is 19.1 Å². The number of nitrogens with zero attached hydrogens (tertiary/aromatic N) is 2. The van der Waals surface area contributed by atoms with Crippen molar-refractivity contribution in [3.05, 3.63) is 29.8 Å². The van der Waals surface area contributed by atoms with E-state index < -0.39 is 0 Å². The Labute approximate surface area is 116 Å². The van der Waals surface area contributed by atoms with Gasteiger partial charge in [0.25, 0.3) is 0 Å².